The Morgan fingerprint density at radius 3 is 2.27 bits per heavy atom. The Kier molecular flexibility index (Phi) is 11.7. The zero-order chi connectivity index (χ0) is 29.4. The molecule has 1 unspecified atom stereocenters. The van der Waals surface area contributed by atoms with Crippen molar-refractivity contribution >= 4 is 22.6 Å². The fourth-order valence-electron chi connectivity index (χ4n) is 5.04. The summed E-state index contributed by atoms with van der Waals surface area (Å²) in [6, 6.07) is 12.9. The summed E-state index contributed by atoms with van der Waals surface area (Å²) in [5.74, 6) is -3.11. The monoisotopic (exact) mass is 608 g/mol. The first-order valence-corrected chi connectivity index (χ1v) is 15.9. The molecule has 0 saturated carbocycles. The lowest BCUT2D eigenvalue weighted by molar-refractivity contribution is -0.284. The standard InChI is InChI=1S/C29H37F5O4S2/c1-27(21-8-10-22(35)11-9-21)20-39-26-19-23(36)12-13-24(26)25(27)7-5-16-38-15-3-2-4-17-40(37)18-6-14-28(30,31)29(32,33)34/h8-13,19,25,35-36H,2-7,14-18,20H2,1H3/t25-,27-,40?/m1/s1. The van der Waals surface area contributed by atoms with Crippen molar-refractivity contribution in [3.8, 4) is 11.5 Å². The first-order valence-electron chi connectivity index (χ1n) is 13.5. The Labute approximate surface area is 239 Å². The SMILES string of the molecule is C[C@]1(c2ccc(O)cc2)CSc2cc(O)ccc2[C@H]1CCCOCCCCCS(=O)CCCC(F)(F)C(F)(F)F. The van der Waals surface area contributed by atoms with Gasteiger partial charge in [-0.25, -0.2) is 0 Å². The van der Waals surface area contributed by atoms with Crippen LogP contribution in [-0.4, -0.2) is 57.0 Å². The van der Waals surface area contributed by atoms with Gasteiger partial charge in [-0.05, 0) is 73.4 Å². The highest BCUT2D eigenvalue weighted by Gasteiger charge is 2.56. The second-order valence-corrected chi connectivity index (χ2v) is 13.2. The molecule has 2 aromatic carbocycles. The lowest BCUT2D eigenvalue weighted by atomic mass is 9.68. The normalized spacial score (nSPS) is 20.3. The van der Waals surface area contributed by atoms with Crippen LogP contribution in [0.1, 0.15) is 68.9 Å². The van der Waals surface area contributed by atoms with Crippen LogP contribution in [0.25, 0.3) is 0 Å². The maximum atomic E-state index is 12.9. The van der Waals surface area contributed by atoms with E-state index in [4.69, 9.17) is 4.74 Å². The molecular formula is C29H37F5O4S2. The summed E-state index contributed by atoms with van der Waals surface area (Å²) in [5.41, 5.74) is 2.18. The minimum atomic E-state index is -5.56. The molecule has 0 fully saturated rings. The van der Waals surface area contributed by atoms with E-state index in [0.29, 0.717) is 19.6 Å². The lowest BCUT2D eigenvalue weighted by Crippen LogP contribution is -2.36. The van der Waals surface area contributed by atoms with Gasteiger partial charge in [0.2, 0.25) is 0 Å². The third-order valence-corrected chi connectivity index (χ3v) is 10.3. The van der Waals surface area contributed by atoms with Crippen molar-refractivity contribution in [1.82, 2.24) is 0 Å². The molecule has 0 radical (unpaired) electrons. The van der Waals surface area contributed by atoms with Gasteiger partial charge in [0.15, 0.2) is 0 Å². The Morgan fingerprint density at radius 1 is 0.925 bits per heavy atom. The molecule has 4 nitrogen and oxygen atoms in total. The summed E-state index contributed by atoms with van der Waals surface area (Å²) in [5, 5.41) is 19.7. The van der Waals surface area contributed by atoms with Crippen molar-refractivity contribution in [2.75, 3.05) is 30.5 Å². The Morgan fingerprint density at radius 2 is 1.57 bits per heavy atom. The van der Waals surface area contributed by atoms with Gasteiger partial charge in [-0.1, -0.05) is 31.5 Å². The van der Waals surface area contributed by atoms with Crippen molar-refractivity contribution < 1.29 is 41.1 Å². The summed E-state index contributed by atoms with van der Waals surface area (Å²) in [6.45, 7) is 3.34. The van der Waals surface area contributed by atoms with E-state index >= 15 is 0 Å². The van der Waals surface area contributed by atoms with Gasteiger partial charge in [-0.3, -0.25) is 4.21 Å². The van der Waals surface area contributed by atoms with Crippen LogP contribution in [0.15, 0.2) is 47.4 Å². The Bertz CT molecular complexity index is 1110. The quantitative estimate of drug-likeness (QED) is 0.159. The van der Waals surface area contributed by atoms with Crippen LogP contribution >= 0.6 is 11.8 Å². The average Bonchev–Trinajstić information content (AvgIpc) is 2.88. The highest BCUT2D eigenvalue weighted by atomic mass is 32.2. The molecule has 2 aromatic rings. The van der Waals surface area contributed by atoms with E-state index in [0.717, 1.165) is 41.9 Å². The summed E-state index contributed by atoms with van der Waals surface area (Å²) in [7, 11) is -1.41. The third kappa shape index (κ3) is 8.82. The zero-order valence-corrected chi connectivity index (χ0v) is 24.2. The molecule has 1 aliphatic rings. The molecule has 0 saturated heterocycles. The van der Waals surface area contributed by atoms with E-state index in [1.165, 1.54) is 5.56 Å². The van der Waals surface area contributed by atoms with Crippen LogP contribution in [0.3, 0.4) is 0 Å². The van der Waals surface area contributed by atoms with Crippen LogP contribution in [0.2, 0.25) is 0 Å². The molecule has 0 aliphatic carbocycles. The van der Waals surface area contributed by atoms with Gasteiger partial charge >= 0.3 is 12.1 Å². The Balaban J connectivity index is 1.38. The van der Waals surface area contributed by atoms with E-state index in [2.05, 4.69) is 6.92 Å². The first kappa shape index (κ1) is 32.7. The lowest BCUT2D eigenvalue weighted by Gasteiger charge is -2.43. The molecule has 40 heavy (non-hydrogen) atoms. The number of rotatable bonds is 15. The maximum absolute atomic E-state index is 12.9. The number of phenols is 2. The van der Waals surface area contributed by atoms with E-state index in [-0.39, 0.29) is 34.3 Å². The second-order valence-electron chi connectivity index (χ2n) is 10.5. The minimum absolute atomic E-state index is 0.159. The molecule has 1 heterocycles. The number of hydrogen-bond acceptors (Lipinski definition) is 5. The molecule has 0 spiro atoms. The van der Waals surface area contributed by atoms with Crippen molar-refractivity contribution in [2.45, 2.75) is 80.2 Å². The summed E-state index contributed by atoms with van der Waals surface area (Å²) in [6.07, 6.45) is -3.54. The van der Waals surface area contributed by atoms with Gasteiger partial charge in [0.1, 0.15) is 11.5 Å². The van der Waals surface area contributed by atoms with Gasteiger partial charge in [0.25, 0.3) is 0 Å². The van der Waals surface area contributed by atoms with Crippen LogP contribution in [0, 0.1) is 0 Å². The van der Waals surface area contributed by atoms with E-state index < -0.39 is 35.7 Å². The number of aromatic hydroxyl groups is 2. The number of ether oxygens (including phenoxy) is 1. The number of alkyl halides is 5. The number of hydrogen-bond donors (Lipinski definition) is 2. The fraction of sp³-hybridized carbons (Fsp3) is 0.586. The number of benzene rings is 2. The molecular weight excluding hydrogens is 571 g/mol. The van der Waals surface area contributed by atoms with Crippen molar-refractivity contribution in [1.29, 1.82) is 0 Å². The van der Waals surface area contributed by atoms with Gasteiger partial charge < -0.3 is 14.9 Å². The number of phenolic OH excluding ortho intramolecular Hbond substituents is 2. The highest BCUT2D eigenvalue weighted by molar-refractivity contribution is 7.99. The molecule has 3 atom stereocenters. The second kappa shape index (κ2) is 14.4. The molecule has 224 valence electrons. The van der Waals surface area contributed by atoms with Gasteiger partial charge in [-0.2, -0.15) is 22.0 Å². The topological polar surface area (TPSA) is 66.8 Å². The van der Waals surface area contributed by atoms with Crippen LogP contribution < -0.4 is 0 Å². The van der Waals surface area contributed by atoms with Crippen molar-refractivity contribution in [3.05, 3.63) is 53.6 Å². The van der Waals surface area contributed by atoms with Gasteiger partial charge in [0.05, 0.1) is 0 Å². The summed E-state index contributed by atoms with van der Waals surface area (Å²) in [4.78, 5) is 1.08. The van der Waals surface area contributed by atoms with Gasteiger partial charge in [-0.15, -0.1) is 11.8 Å². The molecule has 1 aliphatic heterocycles. The van der Waals surface area contributed by atoms with Crippen LogP contribution in [0.4, 0.5) is 22.0 Å². The fourth-order valence-corrected chi connectivity index (χ4v) is 7.64. The molecule has 11 heteroatoms. The van der Waals surface area contributed by atoms with Crippen LogP contribution in [0.5, 0.6) is 11.5 Å². The van der Waals surface area contributed by atoms with E-state index in [9.17, 15) is 36.4 Å². The number of halogens is 5. The van der Waals surface area contributed by atoms with Crippen LogP contribution in [-0.2, 0) is 21.0 Å². The number of fused-ring (bicyclic) bond motifs is 1. The first-order chi connectivity index (χ1) is 18.8. The van der Waals surface area contributed by atoms with E-state index in [1.807, 2.05) is 24.3 Å². The number of unbranched alkanes of at least 4 members (excludes halogenated alkanes) is 2. The number of thioether (sulfide) groups is 1. The summed E-state index contributed by atoms with van der Waals surface area (Å²) >= 11 is 1.72. The molecule has 0 bridgehead atoms. The molecule has 3 rings (SSSR count). The van der Waals surface area contributed by atoms with Gasteiger partial charge in [0, 0.05) is 58.0 Å². The van der Waals surface area contributed by atoms with Crippen molar-refractivity contribution in [3.63, 3.8) is 0 Å². The highest BCUT2D eigenvalue weighted by Crippen LogP contribution is 2.52. The predicted octanol–water partition coefficient (Wildman–Crippen LogP) is 7.94. The zero-order valence-electron chi connectivity index (χ0n) is 22.5. The Hall–Kier alpha value is -1.85. The molecule has 2 N–H and O–H groups in total. The molecule has 0 amide bonds. The largest absolute Gasteiger partial charge is 0.508 e. The third-order valence-electron chi connectivity index (χ3n) is 7.42. The maximum Gasteiger partial charge on any atom is 0.453 e. The van der Waals surface area contributed by atoms with Crippen molar-refractivity contribution in [2.24, 2.45) is 0 Å². The summed E-state index contributed by atoms with van der Waals surface area (Å²) < 4.78 is 80.1. The average molecular weight is 609 g/mol. The van der Waals surface area contributed by atoms with E-state index in [1.54, 1.807) is 30.0 Å². The minimum Gasteiger partial charge on any atom is -0.508 e. The smallest absolute Gasteiger partial charge is 0.453 e. The molecule has 0 aromatic heterocycles. The predicted molar refractivity (Wildman–Crippen MR) is 149 cm³/mol.